The van der Waals surface area contributed by atoms with Gasteiger partial charge in [0.1, 0.15) is 5.76 Å². The first-order chi connectivity index (χ1) is 15.1. The summed E-state index contributed by atoms with van der Waals surface area (Å²) >= 11 is 1.45. The van der Waals surface area contributed by atoms with Gasteiger partial charge in [0.05, 0.1) is 11.6 Å². The number of benzene rings is 2. The Kier molecular flexibility index (Phi) is 4.84. The van der Waals surface area contributed by atoms with Crippen LogP contribution in [0.3, 0.4) is 0 Å². The zero-order valence-corrected chi connectivity index (χ0v) is 17.3. The summed E-state index contributed by atoms with van der Waals surface area (Å²) in [7, 11) is 0. The van der Waals surface area contributed by atoms with E-state index in [4.69, 9.17) is 0 Å². The van der Waals surface area contributed by atoms with Crippen LogP contribution in [-0.2, 0) is 16.1 Å². The largest absolute Gasteiger partial charge is 0.507 e. The van der Waals surface area contributed by atoms with Crippen LogP contribution < -0.4 is 0 Å². The molecule has 2 aromatic carbocycles. The lowest BCUT2D eigenvalue weighted by atomic mass is 9.98. The summed E-state index contributed by atoms with van der Waals surface area (Å²) in [6, 6.07) is 20.1. The molecule has 0 spiro atoms. The van der Waals surface area contributed by atoms with Gasteiger partial charge in [-0.2, -0.15) is 0 Å². The fourth-order valence-electron chi connectivity index (χ4n) is 3.96. The molecule has 3 heterocycles. The molecule has 152 valence electrons. The van der Waals surface area contributed by atoms with Crippen LogP contribution in [-0.4, -0.2) is 26.7 Å². The van der Waals surface area contributed by atoms with Crippen molar-refractivity contribution in [3.8, 4) is 0 Å². The maximum absolute atomic E-state index is 13.1. The second-order valence-corrected chi connectivity index (χ2v) is 8.34. The molecule has 1 fully saturated rings. The number of hydrogen-bond donors (Lipinski definition) is 1. The van der Waals surface area contributed by atoms with E-state index in [9.17, 15) is 14.7 Å². The lowest BCUT2D eigenvalue weighted by Gasteiger charge is -2.24. The van der Waals surface area contributed by atoms with E-state index in [0.717, 1.165) is 21.2 Å². The van der Waals surface area contributed by atoms with Gasteiger partial charge in [0, 0.05) is 29.4 Å². The SMILES string of the molecule is O=C1C(=O)N(Cc2ccncc2)C(c2cccs2)/C1=C(/O)c1ccc2ccccc2c1. The third kappa shape index (κ3) is 3.41. The van der Waals surface area contributed by atoms with Crippen molar-refractivity contribution in [1.29, 1.82) is 0 Å². The van der Waals surface area contributed by atoms with Crippen LogP contribution in [0.15, 0.2) is 90.1 Å². The molecule has 1 atom stereocenters. The number of likely N-dealkylation sites (tertiary alicyclic amines) is 1. The number of pyridine rings is 1. The van der Waals surface area contributed by atoms with Crippen LogP contribution in [0.5, 0.6) is 0 Å². The van der Waals surface area contributed by atoms with E-state index in [-0.39, 0.29) is 17.9 Å². The summed E-state index contributed by atoms with van der Waals surface area (Å²) in [6.07, 6.45) is 3.31. The number of Topliss-reactive ketones (excluding diaryl/α,β-unsaturated/α-hetero) is 1. The highest BCUT2D eigenvalue weighted by Gasteiger charge is 2.46. The number of aliphatic hydroxyl groups excluding tert-OH is 1. The molecule has 1 N–H and O–H groups in total. The molecular formula is C25H18N2O3S. The van der Waals surface area contributed by atoms with Crippen LogP contribution >= 0.6 is 11.3 Å². The number of ketones is 1. The lowest BCUT2D eigenvalue weighted by Crippen LogP contribution is -2.28. The Bertz CT molecular complexity index is 1310. The first-order valence-electron chi connectivity index (χ1n) is 9.83. The normalized spacial score (nSPS) is 18.1. The standard InChI is InChI=1S/C25H18N2O3S/c28-23(19-8-7-17-4-1-2-5-18(17)14-19)21-22(20-6-3-13-31-20)27(25(30)24(21)29)15-16-9-11-26-12-10-16/h1-14,22,28H,15H2/b23-21-. The number of amides is 1. The topological polar surface area (TPSA) is 70.5 Å². The average molecular weight is 426 g/mol. The van der Waals surface area contributed by atoms with Gasteiger partial charge in [0.2, 0.25) is 0 Å². The molecule has 1 amide bonds. The molecule has 0 bridgehead atoms. The molecule has 1 unspecified atom stereocenters. The number of nitrogens with zero attached hydrogens (tertiary/aromatic N) is 2. The number of aromatic nitrogens is 1. The zero-order valence-electron chi connectivity index (χ0n) is 16.4. The Morgan fingerprint density at radius 2 is 1.74 bits per heavy atom. The summed E-state index contributed by atoms with van der Waals surface area (Å²) in [6.45, 7) is 0.254. The van der Waals surface area contributed by atoms with Gasteiger partial charge in [-0.05, 0) is 46.0 Å². The van der Waals surface area contributed by atoms with E-state index in [1.807, 2.05) is 66.0 Å². The van der Waals surface area contributed by atoms with Crippen molar-refractivity contribution in [2.75, 3.05) is 0 Å². The second-order valence-electron chi connectivity index (χ2n) is 7.36. The van der Waals surface area contributed by atoms with Crippen LogP contribution in [0.1, 0.15) is 22.0 Å². The summed E-state index contributed by atoms with van der Waals surface area (Å²) < 4.78 is 0. The first kappa shape index (κ1) is 19.2. The maximum Gasteiger partial charge on any atom is 0.295 e. The fraction of sp³-hybridized carbons (Fsp3) is 0.0800. The number of fused-ring (bicyclic) bond motifs is 1. The highest BCUT2D eigenvalue weighted by atomic mass is 32.1. The molecule has 2 aromatic heterocycles. The van der Waals surface area contributed by atoms with Crippen molar-refractivity contribution in [1.82, 2.24) is 9.88 Å². The van der Waals surface area contributed by atoms with Crippen LogP contribution in [0, 0.1) is 0 Å². The van der Waals surface area contributed by atoms with E-state index < -0.39 is 17.7 Å². The van der Waals surface area contributed by atoms with Gasteiger partial charge in [-0.3, -0.25) is 14.6 Å². The summed E-state index contributed by atoms with van der Waals surface area (Å²) in [5.41, 5.74) is 1.50. The number of thiophene rings is 1. The highest BCUT2D eigenvalue weighted by molar-refractivity contribution is 7.10. The number of hydrogen-bond acceptors (Lipinski definition) is 5. The molecule has 6 heteroatoms. The van der Waals surface area contributed by atoms with Gasteiger partial charge in [-0.15, -0.1) is 11.3 Å². The molecule has 1 aliphatic rings. The quantitative estimate of drug-likeness (QED) is 0.286. The van der Waals surface area contributed by atoms with Gasteiger partial charge >= 0.3 is 0 Å². The van der Waals surface area contributed by atoms with Crippen LogP contribution in [0.4, 0.5) is 0 Å². The number of aliphatic hydroxyl groups is 1. The molecule has 0 radical (unpaired) electrons. The molecule has 1 saturated heterocycles. The minimum absolute atomic E-state index is 0.122. The molecule has 0 aliphatic carbocycles. The second kappa shape index (κ2) is 7.81. The van der Waals surface area contributed by atoms with Crippen LogP contribution in [0.25, 0.3) is 16.5 Å². The van der Waals surface area contributed by atoms with Gasteiger partial charge in [-0.25, -0.2) is 0 Å². The van der Waals surface area contributed by atoms with Gasteiger partial charge in [0.25, 0.3) is 11.7 Å². The Hall–Kier alpha value is -3.77. The maximum atomic E-state index is 13.1. The Labute approximate surface area is 182 Å². The van der Waals surface area contributed by atoms with Crippen molar-refractivity contribution in [2.24, 2.45) is 0 Å². The molecule has 5 nitrogen and oxygen atoms in total. The third-order valence-electron chi connectivity index (χ3n) is 5.48. The summed E-state index contributed by atoms with van der Waals surface area (Å²) in [4.78, 5) is 32.4. The van der Waals surface area contributed by atoms with Crippen LogP contribution in [0.2, 0.25) is 0 Å². The van der Waals surface area contributed by atoms with E-state index in [1.54, 1.807) is 18.5 Å². The van der Waals surface area contributed by atoms with E-state index in [0.29, 0.717) is 5.56 Å². The zero-order chi connectivity index (χ0) is 21.4. The Morgan fingerprint density at radius 1 is 0.968 bits per heavy atom. The smallest absolute Gasteiger partial charge is 0.295 e. The molecular weight excluding hydrogens is 408 g/mol. The van der Waals surface area contributed by atoms with E-state index in [2.05, 4.69) is 4.98 Å². The Balaban J connectivity index is 1.64. The monoisotopic (exact) mass is 426 g/mol. The molecule has 31 heavy (non-hydrogen) atoms. The lowest BCUT2D eigenvalue weighted by molar-refractivity contribution is -0.140. The predicted molar refractivity (Wildman–Crippen MR) is 120 cm³/mol. The minimum atomic E-state index is -0.668. The van der Waals surface area contributed by atoms with Crippen molar-refractivity contribution in [2.45, 2.75) is 12.6 Å². The first-order valence-corrected chi connectivity index (χ1v) is 10.7. The van der Waals surface area contributed by atoms with Crippen molar-refractivity contribution in [3.63, 3.8) is 0 Å². The van der Waals surface area contributed by atoms with Gasteiger partial charge in [-0.1, -0.05) is 42.5 Å². The highest BCUT2D eigenvalue weighted by Crippen LogP contribution is 2.42. The van der Waals surface area contributed by atoms with Crippen molar-refractivity contribution < 1.29 is 14.7 Å². The molecule has 0 saturated carbocycles. The molecule has 1 aliphatic heterocycles. The average Bonchev–Trinajstić information content (AvgIpc) is 3.42. The number of rotatable bonds is 4. The van der Waals surface area contributed by atoms with E-state index in [1.165, 1.54) is 16.2 Å². The Morgan fingerprint density at radius 3 is 2.48 bits per heavy atom. The minimum Gasteiger partial charge on any atom is -0.507 e. The third-order valence-corrected chi connectivity index (χ3v) is 6.40. The number of carbonyl (C=O) groups is 2. The fourth-order valence-corrected chi connectivity index (χ4v) is 4.81. The predicted octanol–water partition coefficient (Wildman–Crippen LogP) is 4.92. The van der Waals surface area contributed by atoms with Crippen molar-refractivity contribution in [3.05, 3.63) is 106 Å². The summed E-state index contributed by atoms with van der Waals surface area (Å²) in [5, 5.41) is 15.1. The van der Waals surface area contributed by atoms with Gasteiger partial charge in [0.15, 0.2) is 0 Å². The molecule has 4 aromatic rings. The van der Waals surface area contributed by atoms with E-state index >= 15 is 0 Å². The number of carbonyl (C=O) groups excluding carboxylic acids is 2. The van der Waals surface area contributed by atoms with Crippen molar-refractivity contribution >= 4 is 39.6 Å². The summed E-state index contributed by atoms with van der Waals surface area (Å²) in [5.74, 6) is -1.43. The molecule has 5 rings (SSSR count). The van der Waals surface area contributed by atoms with Gasteiger partial charge < -0.3 is 10.0 Å².